The number of halogens is 2. The molecule has 1 saturated heterocycles. The Morgan fingerprint density at radius 1 is 0.865 bits per heavy atom. The van der Waals surface area contributed by atoms with Gasteiger partial charge in [0.05, 0.1) is 0 Å². The van der Waals surface area contributed by atoms with Crippen LogP contribution in [-0.2, 0) is 17.8 Å². The van der Waals surface area contributed by atoms with E-state index < -0.39 is 16.6 Å². The average Bonchev–Trinajstić information content (AvgIpc) is 3.33. The number of guanidine groups is 1. The molecule has 2 heterocycles. The van der Waals surface area contributed by atoms with Crippen molar-refractivity contribution in [3.05, 3.63) is 68.1 Å². The van der Waals surface area contributed by atoms with E-state index in [-0.39, 0.29) is 20.8 Å². The van der Waals surface area contributed by atoms with Gasteiger partial charge in [-0.1, -0.05) is 60.7 Å². The van der Waals surface area contributed by atoms with E-state index in [1.807, 2.05) is 0 Å². The van der Waals surface area contributed by atoms with Crippen LogP contribution >= 0.6 is 20.1 Å². The summed E-state index contributed by atoms with van der Waals surface area (Å²) in [6, 6.07) is 23.0. The van der Waals surface area contributed by atoms with Gasteiger partial charge in [0.25, 0.3) is 0 Å². The molecule has 0 N–H and O–H groups in total. The fraction of sp³-hybridized carbons (Fsp3) is 0.500. The van der Waals surface area contributed by atoms with Crippen LogP contribution in [0.3, 0.4) is 0 Å². The van der Waals surface area contributed by atoms with Gasteiger partial charge in [0.2, 0.25) is 8.24 Å². The molecule has 0 radical (unpaired) electrons. The van der Waals surface area contributed by atoms with Crippen LogP contribution in [0.15, 0.2) is 65.7 Å². The Kier molecular flexibility index (Phi) is 11.7. The van der Waals surface area contributed by atoms with E-state index in [1.54, 1.807) is 0 Å². The molecule has 2 unspecified atom stereocenters. The van der Waals surface area contributed by atoms with Crippen LogP contribution in [0.1, 0.15) is 32.1 Å². The second-order valence-corrected chi connectivity index (χ2v) is 21.6. The van der Waals surface area contributed by atoms with Gasteiger partial charge in [-0.3, -0.25) is 4.99 Å². The zero-order chi connectivity index (χ0) is 25.6. The monoisotopic (exact) mass is 614 g/mol. The third kappa shape index (κ3) is 7.05. The molecule has 5 rings (SSSR count). The number of benzene rings is 2. The standard InChI is InChI=1S/C27H39N3OSi2.CH3.2ClH.Cr/c1-32(2,3)31-23-16-17-26(22-23)33(24-12-6-4-7-13-24,25-14-8-5-9-15-25)30-21-11-20-29-19-10-18-28-27(29)30;;;;/h4-9,12-15,23,26H,10-11,16-22H2,1-3H3;1H3;2*1H;/q;-1;;;+3/p-2. The number of hydrogen-bond acceptors (Lipinski definition) is 4. The molecule has 9 heteroatoms. The first kappa shape index (κ1) is 30.8. The van der Waals surface area contributed by atoms with Crippen molar-refractivity contribution < 1.29 is 17.8 Å². The second-order valence-electron chi connectivity index (χ2n) is 10.9. The van der Waals surface area contributed by atoms with E-state index >= 15 is 0 Å². The summed E-state index contributed by atoms with van der Waals surface area (Å²) in [4.78, 5) is 7.75. The van der Waals surface area contributed by atoms with Gasteiger partial charge in [0.1, 0.15) is 0 Å². The first-order valence-electron chi connectivity index (χ1n) is 13.2. The molecule has 0 spiro atoms. The number of hydrogen-bond donors (Lipinski definition) is 0. The van der Waals surface area contributed by atoms with E-state index in [0.29, 0.717) is 11.6 Å². The van der Waals surface area contributed by atoms with Crippen molar-refractivity contribution in [3.8, 4) is 0 Å². The van der Waals surface area contributed by atoms with Crippen LogP contribution in [0, 0.1) is 7.43 Å². The summed E-state index contributed by atoms with van der Waals surface area (Å²) in [5, 5.41) is 3.06. The Hall–Kier alpha value is -0.784. The van der Waals surface area contributed by atoms with Crippen LogP contribution in [0.4, 0.5) is 0 Å². The first-order valence-corrected chi connectivity index (χ1v) is 22.1. The predicted octanol–water partition coefficient (Wildman–Crippen LogP) is 6.11. The number of rotatable bonds is 6. The van der Waals surface area contributed by atoms with E-state index in [1.165, 1.54) is 48.4 Å². The zero-order valence-electron chi connectivity index (χ0n) is 22.7. The topological polar surface area (TPSA) is 28.1 Å². The Balaban J connectivity index is 0.000000908. The Bertz CT molecular complexity index is 954. The molecule has 2 fully saturated rings. The number of fused-ring (bicyclic) bond motifs is 1. The second kappa shape index (κ2) is 14.0. The quantitative estimate of drug-likeness (QED) is 0.290. The van der Waals surface area contributed by atoms with Crippen molar-refractivity contribution in [2.45, 2.75) is 63.4 Å². The molecule has 4 nitrogen and oxygen atoms in total. The maximum atomic E-state index is 6.69. The van der Waals surface area contributed by atoms with Crippen molar-refractivity contribution in [2.75, 3.05) is 26.2 Å². The minimum absolute atomic E-state index is 0. The van der Waals surface area contributed by atoms with E-state index in [9.17, 15) is 0 Å². The molecule has 0 amide bonds. The van der Waals surface area contributed by atoms with Crippen LogP contribution in [0.2, 0.25) is 25.2 Å². The van der Waals surface area contributed by atoms with Crippen LogP contribution in [0.5, 0.6) is 0 Å². The van der Waals surface area contributed by atoms with Gasteiger partial charge in [-0.05, 0) is 67.7 Å². The number of nitrogens with zero attached hydrogens (tertiary/aromatic N) is 3. The van der Waals surface area contributed by atoms with Crippen molar-refractivity contribution in [1.29, 1.82) is 0 Å². The maximum absolute atomic E-state index is 6.69. The van der Waals surface area contributed by atoms with Crippen molar-refractivity contribution in [1.82, 2.24) is 9.47 Å². The van der Waals surface area contributed by atoms with Gasteiger partial charge in [-0.25, -0.2) is 0 Å². The molecule has 203 valence electrons. The van der Waals surface area contributed by atoms with Gasteiger partial charge in [-0.15, -0.1) is 0 Å². The number of aliphatic imine (C=N–C) groups is 1. The Morgan fingerprint density at radius 3 is 2.00 bits per heavy atom. The molecular formula is C28H42Cl2CrN3OSi2. The summed E-state index contributed by atoms with van der Waals surface area (Å²) in [5.41, 5.74) is 0.619. The van der Waals surface area contributed by atoms with Gasteiger partial charge in [0.15, 0.2) is 14.3 Å². The molecule has 1 aliphatic carbocycles. The third-order valence-corrected chi connectivity index (χ3v) is 14.0. The van der Waals surface area contributed by atoms with Crippen molar-refractivity contribution in [3.63, 3.8) is 0 Å². The van der Waals surface area contributed by atoms with Gasteiger partial charge in [0, 0.05) is 32.3 Å². The summed E-state index contributed by atoms with van der Waals surface area (Å²) >= 11 is -0.181. The van der Waals surface area contributed by atoms with E-state index in [0.717, 1.165) is 26.2 Å². The summed E-state index contributed by atoms with van der Waals surface area (Å²) in [6.45, 7) is 11.4. The molecule has 37 heavy (non-hydrogen) atoms. The Labute approximate surface area is 241 Å². The van der Waals surface area contributed by atoms with Gasteiger partial charge >= 0.3 is 33.5 Å². The normalized spacial score (nSPS) is 21.7. The summed E-state index contributed by atoms with van der Waals surface area (Å²) in [5.74, 6) is 1.28. The molecule has 2 aromatic rings. The molecule has 2 aliphatic heterocycles. The van der Waals surface area contributed by atoms with Crippen LogP contribution < -0.4 is 10.4 Å². The molecular weight excluding hydrogens is 573 g/mol. The van der Waals surface area contributed by atoms with Gasteiger partial charge < -0.3 is 21.3 Å². The molecule has 2 aromatic carbocycles. The minimum atomic E-state index is -2.34. The fourth-order valence-corrected chi connectivity index (χ4v) is 13.6. The zero-order valence-corrected chi connectivity index (χ0v) is 27.5. The average molecular weight is 616 g/mol. The summed E-state index contributed by atoms with van der Waals surface area (Å²) < 4.78 is 9.53. The van der Waals surface area contributed by atoms with Gasteiger partial charge in [-0.2, -0.15) is 0 Å². The molecule has 2 atom stereocenters. The van der Waals surface area contributed by atoms with Crippen LogP contribution in [0.25, 0.3) is 0 Å². The molecule has 3 aliphatic rings. The molecule has 0 bridgehead atoms. The third-order valence-electron chi connectivity index (χ3n) is 7.52. The van der Waals surface area contributed by atoms with E-state index in [4.69, 9.17) is 29.5 Å². The summed E-state index contributed by atoms with van der Waals surface area (Å²) in [7, 11) is 5.74. The van der Waals surface area contributed by atoms with Crippen molar-refractivity contribution >= 4 is 53.0 Å². The summed E-state index contributed by atoms with van der Waals surface area (Å²) in [6.07, 6.45) is 6.40. The Morgan fingerprint density at radius 2 is 1.43 bits per heavy atom. The van der Waals surface area contributed by atoms with Crippen LogP contribution in [-0.4, -0.2) is 64.3 Å². The van der Waals surface area contributed by atoms with E-state index in [2.05, 4.69) is 89.8 Å². The molecule has 0 aromatic heterocycles. The molecule has 1 saturated carbocycles. The fourth-order valence-electron chi connectivity index (χ4n) is 6.44. The van der Waals surface area contributed by atoms with Crippen molar-refractivity contribution in [2.24, 2.45) is 4.99 Å². The SMILES string of the molecule is C[Si](C)(C)OC1CCC([Si](c2ccccc2)(c2ccccc2)N2CCCN3CCCN=C32)C1.[CH3-].[Cl][Cr+][Cl]. The predicted molar refractivity (Wildman–Crippen MR) is 162 cm³/mol. The first-order chi connectivity index (χ1) is 17.4.